The fourth-order valence-corrected chi connectivity index (χ4v) is 3.03. The molecule has 0 aromatic heterocycles. The number of hydrogen-bond acceptors (Lipinski definition) is 0. The molecule has 72 valence electrons. The maximum Gasteiger partial charge on any atom is -0.0251 e. The van der Waals surface area contributed by atoms with Crippen LogP contribution in [0.3, 0.4) is 0 Å². The highest BCUT2D eigenvalue weighted by Crippen LogP contribution is 2.47. The minimum absolute atomic E-state index is 0.679. The van der Waals surface area contributed by atoms with Gasteiger partial charge in [0.1, 0.15) is 0 Å². The molecule has 0 nitrogen and oxygen atoms in total. The van der Waals surface area contributed by atoms with Gasteiger partial charge >= 0.3 is 0 Å². The summed E-state index contributed by atoms with van der Waals surface area (Å²) in [6.45, 7) is 9.63. The first kappa shape index (κ1) is 10.1. The summed E-state index contributed by atoms with van der Waals surface area (Å²) in [6.07, 6.45) is 7.36. The zero-order valence-corrected chi connectivity index (χ0v) is 9.19. The van der Waals surface area contributed by atoms with Gasteiger partial charge in [-0.3, -0.25) is 0 Å². The van der Waals surface area contributed by atoms with Crippen LogP contribution in [0, 0.1) is 17.3 Å². The Balaban J connectivity index is 2.70. The lowest BCUT2D eigenvalue weighted by atomic mass is 9.61. The molecule has 1 aliphatic rings. The number of hydrogen-bond donors (Lipinski definition) is 0. The molecule has 0 spiro atoms. The molecule has 12 heavy (non-hydrogen) atoms. The van der Waals surface area contributed by atoms with Crippen LogP contribution in [-0.2, 0) is 0 Å². The molecule has 0 bridgehead atoms. The van der Waals surface area contributed by atoms with E-state index in [4.69, 9.17) is 0 Å². The van der Waals surface area contributed by atoms with Gasteiger partial charge in [0.15, 0.2) is 0 Å². The van der Waals surface area contributed by atoms with E-state index in [2.05, 4.69) is 27.7 Å². The van der Waals surface area contributed by atoms with E-state index in [1.807, 2.05) is 0 Å². The molecule has 1 aliphatic carbocycles. The minimum Gasteiger partial charge on any atom is -0.0622 e. The molecule has 0 radical (unpaired) electrons. The summed E-state index contributed by atoms with van der Waals surface area (Å²) in [4.78, 5) is 0. The van der Waals surface area contributed by atoms with Gasteiger partial charge in [0, 0.05) is 0 Å². The highest BCUT2D eigenvalue weighted by molar-refractivity contribution is 4.87. The monoisotopic (exact) mass is 168 g/mol. The predicted molar refractivity (Wildman–Crippen MR) is 55.2 cm³/mol. The SMILES string of the molecule is CC(C)C1(C(C)C)CCCCC1. The van der Waals surface area contributed by atoms with Gasteiger partial charge in [0.25, 0.3) is 0 Å². The van der Waals surface area contributed by atoms with Crippen molar-refractivity contribution in [2.45, 2.75) is 59.8 Å². The van der Waals surface area contributed by atoms with E-state index in [0.717, 1.165) is 11.8 Å². The van der Waals surface area contributed by atoms with Crippen LogP contribution >= 0.6 is 0 Å². The van der Waals surface area contributed by atoms with Crippen molar-refractivity contribution in [3.05, 3.63) is 0 Å². The highest BCUT2D eigenvalue weighted by Gasteiger charge is 2.37. The molecule has 0 aromatic carbocycles. The Morgan fingerprint density at radius 3 is 1.42 bits per heavy atom. The summed E-state index contributed by atoms with van der Waals surface area (Å²) in [6, 6.07) is 0. The van der Waals surface area contributed by atoms with E-state index in [1.54, 1.807) is 0 Å². The predicted octanol–water partition coefficient (Wildman–Crippen LogP) is 4.25. The van der Waals surface area contributed by atoms with Crippen molar-refractivity contribution in [1.29, 1.82) is 0 Å². The molecule has 1 rings (SSSR count). The largest absolute Gasteiger partial charge is 0.0622 e. The van der Waals surface area contributed by atoms with Gasteiger partial charge in [-0.2, -0.15) is 0 Å². The van der Waals surface area contributed by atoms with Crippen LogP contribution in [0.25, 0.3) is 0 Å². The molecule has 0 unspecified atom stereocenters. The molecular weight excluding hydrogens is 144 g/mol. The molecule has 1 saturated carbocycles. The number of rotatable bonds is 2. The molecule has 0 saturated heterocycles. The molecule has 0 aromatic rings. The molecule has 0 heterocycles. The second kappa shape index (κ2) is 3.81. The zero-order chi connectivity index (χ0) is 9.19. The molecule has 0 N–H and O–H groups in total. The van der Waals surface area contributed by atoms with E-state index in [0.29, 0.717) is 5.41 Å². The van der Waals surface area contributed by atoms with Gasteiger partial charge in [0.05, 0.1) is 0 Å². The second-order valence-corrected chi connectivity index (χ2v) is 5.10. The van der Waals surface area contributed by atoms with Gasteiger partial charge in [0.2, 0.25) is 0 Å². The van der Waals surface area contributed by atoms with Crippen LogP contribution in [0.2, 0.25) is 0 Å². The zero-order valence-electron chi connectivity index (χ0n) is 9.19. The molecular formula is C12H24. The maximum absolute atomic E-state index is 2.41. The lowest BCUT2D eigenvalue weighted by Crippen LogP contribution is -2.35. The van der Waals surface area contributed by atoms with Crippen LogP contribution in [0.4, 0.5) is 0 Å². The third-order valence-corrected chi connectivity index (χ3v) is 4.08. The summed E-state index contributed by atoms with van der Waals surface area (Å²) >= 11 is 0. The van der Waals surface area contributed by atoms with Crippen molar-refractivity contribution >= 4 is 0 Å². The van der Waals surface area contributed by atoms with E-state index in [9.17, 15) is 0 Å². The van der Waals surface area contributed by atoms with Gasteiger partial charge in [-0.05, 0) is 30.1 Å². The summed E-state index contributed by atoms with van der Waals surface area (Å²) in [5.74, 6) is 1.75. The molecule has 0 amide bonds. The molecule has 1 fully saturated rings. The first-order chi connectivity index (χ1) is 5.59. The minimum atomic E-state index is 0.679. The normalized spacial score (nSPS) is 23.5. The third kappa shape index (κ3) is 1.67. The van der Waals surface area contributed by atoms with Crippen LogP contribution in [0.1, 0.15) is 59.8 Å². The topological polar surface area (TPSA) is 0 Å². The molecule has 0 atom stereocenters. The average Bonchev–Trinajstić information content (AvgIpc) is 2.05. The quantitative estimate of drug-likeness (QED) is 0.578. The van der Waals surface area contributed by atoms with Crippen molar-refractivity contribution in [1.82, 2.24) is 0 Å². The van der Waals surface area contributed by atoms with Crippen LogP contribution < -0.4 is 0 Å². The van der Waals surface area contributed by atoms with Gasteiger partial charge in [-0.15, -0.1) is 0 Å². The Bertz CT molecular complexity index is 117. The Labute approximate surface area is 77.7 Å². The van der Waals surface area contributed by atoms with Crippen LogP contribution in [0.15, 0.2) is 0 Å². The Morgan fingerprint density at radius 2 is 1.17 bits per heavy atom. The second-order valence-electron chi connectivity index (χ2n) is 5.10. The fraction of sp³-hybridized carbons (Fsp3) is 1.00. The Morgan fingerprint density at radius 1 is 0.750 bits per heavy atom. The van der Waals surface area contributed by atoms with E-state index >= 15 is 0 Å². The Kier molecular flexibility index (Phi) is 3.20. The van der Waals surface area contributed by atoms with Gasteiger partial charge < -0.3 is 0 Å². The maximum atomic E-state index is 2.41. The van der Waals surface area contributed by atoms with Crippen LogP contribution in [-0.4, -0.2) is 0 Å². The summed E-state index contributed by atoms with van der Waals surface area (Å²) in [5.41, 5.74) is 0.679. The first-order valence-electron chi connectivity index (χ1n) is 5.59. The Hall–Kier alpha value is 0. The summed E-state index contributed by atoms with van der Waals surface area (Å²) < 4.78 is 0. The van der Waals surface area contributed by atoms with E-state index in [-0.39, 0.29) is 0 Å². The van der Waals surface area contributed by atoms with Crippen molar-refractivity contribution in [2.24, 2.45) is 17.3 Å². The lowest BCUT2D eigenvalue weighted by Gasteiger charge is -2.44. The van der Waals surface area contributed by atoms with Crippen molar-refractivity contribution < 1.29 is 0 Å². The van der Waals surface area contributed by atoms with Gasteiger partial charge in [-0.1, -0.05) is 47.0 Å². The fourth-order valence-electron chi connectivity index (χ4n) is 3.03. The smallest absolute Gasteiger partial charge is 0.0251 e. The standard InChI is InChI=1S/C12H24/c1-10(2)12(11(3)4)8-6-5-7-9-12/h10-11H,5-9H2,1-4H3. The van der Waals surface area contributed by atoms with Crippen molar-refractivity contribution in [3.8, 4) is 0 Å². The average molecular weight is 168 g/mol. The molecule has 0 aliphatic heterocycles. The first-order valence-corrected chi connectivity index (χ1v) is 5.59. The van der Waals surface area contributed by atoms with E-state index < -0.39 is 0 Å². The van der Waals surface area contributed by atoms with E-state index in [1.165, 1.54) is 32.1 Å². The van der Waals surface area contributed by atoms with Crippen molar-refractivity contribution in [3.63, 3.8) is 0 Å². The third-order valence-electron chi connectivity index (χ3n) is 4.08. The van der Waals surface area contributed by atoms with Crippen molar-refractivity contribution in [2.75, 3.05) is 0 Å². The van der Waals surface area contributed by atoms with Gasteiger partial charge in [-0.25, -0.2) is 0 Å². The summed E-state index contributed by atoms with van der Waals surface area (Å²) in [5, 5.41) is 0. The molecule has 0 heteroatoms. The lowest BCUT2D eigenvalue weighted by molar-refractivity contribution is 0.0587. The highest BCUT2D eigenvalue weighted by atomic mass is 14.4. The van der Waals surface area contributed by atoms with Crippen LogP contribution in [0.5, 0.6) is 0 Å². The summed E-state index contributed by atoms with van der Waals surface area (Å²) in [7, 11) is 0.